The van der Waals surface area contributed by atoms with E-state index in [9.17, 15) is 22.4 Å². The Labute approximate surface area is 230 Å². The van der Waals surface area contributed by atoms with E-state index >= 15 is 0 Å². The molecule has 9 heteroatoms. The number of sulfonamides is 1. The summed E-state index contributed by atoms with van der Waals surface area (Å²) in [4.78, 5) is 28.5. The quantitative estimate of drug-likeness (QED) is 0.339. The molecule has 208 valence electrons. The zero-order valence-electron chi connectivity index (χ0n) is 22.6. The minimum absolute atomic E-state index is 0.0169. The summed E-state index contributed by atoms with van der Waals surface area (Å²) in [5.74, 6) is -1.20. The number of nitrogens with one attached hydrogen (secondary N) is 1. The van der Waals surface area contributed by atoms with Crippen LogP contribution in [0.4, 0.5) is 10.1 Å². The second-order valence-electron chi connectivity index (χ2n) is 9.50. The molecule has 39 heavy (non-hydrogen) atoms. The number of carbonyl (C=O) groups is 2. The molecule has 7 nitrogen and oxygen atoms in total. The van der Waals surface area contributed by atoms with E-state index in [2.05, 4.69) is 5.32 Å². The van der Waals surface area contributed by atoms with Gasteiger partial charge in [-0.25, -0.2) is 12.8 Å². The van der Waals surface area contributed by atoms with Crippen LogP contribution in [0.25, 0.3) is 0 Å². The molecular formula is C30H36FN3O4S. The summed E-state index contributed by atoms with van der Waals surface area (Å²) >= 11 is 0. The van der Waals surface area contributed by atoms with E-state index < -0.39 is 21.9 Å². The first-order chi connectivity index (χ1) is 18.6. The second kappa shape index (κ2) is 13.9. The van der Waals surface area contributed by atoms with Gasteiger partial charge in [0.05, 0.1) is 11.9 Å². The van der Waals surface area contributed by atoms with Crippen LogP contribution in [-0.2, 0) is 32.6 Å². The maximum absolute atomic E-state index is 14.4. The molecule has 0 radical (unpaired) electrons. The number of amides is 2. The fourth-order valence-corrected chi connectivity index (χ4v) is 5.46. The molecule has 1 N–H and O–H groups in total. The van der Waals surface area contributed by atoms with Gasteiger partial charge in [-0.15, -0.1) is 0 Å². The van der Waals surface area contributed by atoms with E-state index in [-0.39, 0.29) is 43.4 Å². The fraction of sp³-hybridized carbons (Fsp3) is 0.333. The molecule has 0 aliphatic carbocycles. The number of aryl methyl sites for hydroxylation is 1. The highest BCUT2D eigenvalue weighted by atomic mass is 32.2. The molecule has 3 rings (SSSR count). The molecule has 0 saturated carbocycles. The molecular weight excluding hydrogens is 517 g/mol. The molecule has 1 atom stereocenters. The van der Waals surface area contributed by atoms with Gasteiger partial charge in [-0.2, -0.15) is 0 Å². The zero-order chi connectivity index (χ0) is 28.4. The number of halogens is 1. The van der Waals surface area contributed by atoms with Gasteiger partial charge >= 0.3 is 0 Å². The van der Waals surface area contributed by atoms with Crippen molar-refractivity contribution in [1.29, 1.82) is 0 Å². The molecule has 0 fully saturated rings. The lowest BCUT2D eigenvalue weighted by Gasteiger charge is -2.32. The van der Waals surface area contributed by atoms with E-state index in [1.165, 1.54) is 18.2 Å². The van der Waals surface area contributed by atoms with E-state index in [1.807, 2.05) is 68.4 Å². The molecule has 0 bridgehead atoms. The fourth-order valence-electron chi connectivity index (χ4n) is 4.49. The average molecular weight is 554 g/mol. The number of nitrogens with zero attached hydrogens (tertiary/aromatic N) is 2. The van der Waals surface area contributed by atoms with Gasteiger partial charge in [0.1, 0.15) is 11.9 Å². The molecule has 0 spiro atoms. The van der Waals surface area contributed by atoms with Gasteiger partial charge in [-0.3, -0.25) is 13.9 Å². The predicted molar refractivity (Wildman–Crippen MR) is 152 cm³/mol. The van der Waals surface area contributed by atoms with Crippen molar-refractivity contribution in [1.82, 2.24) is 10.2 Å². The molecule has 0 aliphatic rings. The second-order valence-corrected chi connectivity index (χ2v) is 11.4. The maximum atomic E-state index is 14.4. The van der Waals surface area contributed by atoms with Crippen LogP contribution in [-0.4, -0.2) is 50.5 Å². The molecule has 0 aromatic heterocycles. The van der Waals surface area contributed by atoms with Crippen LogP contribution in [0.5, 0.6) is 0 Å². The first kappa shape index (κ1) is 29.8. The third-order valence-electron chi connectivity index (χ3n) is 6.33. The summed E-state index contributed by atoms with van der Waals surface area (Å²) in [6.07, 6.45) is 1.47. The number of carbonyl (C=O) groups excluding carboxylic acids is 2. The van der Waals surface area contributed by atoms with Crippen molar-refractivity contribution >= 4 is 27.5 Å². The number of hydrogen-bond donors (Lipinski definition) is 1. The highest BCUT2D eigenvalue weighted by molar-refractivity contribution is 7.92. The third kappa shape index (κ3) is 8.64. The first-order valence-corrected chi connectivity index (χ1v) is 14.8. The number of hydrogen-bond acceptors (Lipinski definition) is 4. The summed E-state index contributed by atoms with van der Waals surface area (Å²) < 4.78 is 40.3. The topological polar surface area (TPSA) is 86.8 Å². The van der Waals surface area contributed by atoms with Crippen LogP contribution in [0.2, 0.25) is 0 Å². The first-order valence-electron chi connectivity index (χ1n) is 13.0. The lowest BCUT2D eigenvalue weighted by molar-refractivity contribution is -0.141. The summed E-state index contributed by atoms with van der Waals surface area (Å²) in [5, 5.41) is 2.86. The van der Waals surface area contributed by atoms with Gasteiger partial charge < -0.3 is 10.2 Å². The Morgan fingerprint density at radius 3 is 2.26 bits per heavy atom. The van der Waals surface area contributed by atoms with Crippen molar-refractivity contribution in [3.63, 3.8) is 0 Å². The summed E-state index contributed by atoms with van der Waals surface area (Å²) in [5.41, 5.74) is 2.77. The Kier molecular flexibility index (Phi) is 10.6. The summed E-state index contributed by atoms with van der Waals surface area (Å²) in [6, 6.07) is 22.1. The zero-order valence-corrected chi connectivity index (χ0v) is 23.5. The number of likely N-dealkylation sites (N-methyl/N-ethyl adjacent to an activating group) is 1. The molecule has 3 aromatic carbocycles. The summed E-state index contributed by atoms with van der Waals surface area (Å²) in [6.45, 7) is 4.35. The molecule has 2 amide bonds. The SMILES string of the molecule is CCNC(=O)[C@@H](Cc1ccccc1)N(Cc1cccc(C)c1)C(=O)CCCN(c1ccccc1F)S(C)(=O)=O. The average Bonchev–Trinajstić information content (AvgIpc) is 2.89. The molecule has 0 heterocycles. The van der Waals surface area contributed by atoms with Gasteiger partial charge in [0, 0.05) is 32.5 Å². The number of anilines is 1. The molecule has 3 aromatic rings. The van der Waals surface area contributed by atoms with Gasteiger partial charge in [-0.05, 0) is 43.5 Å². The van der Waals surface area contributed by atoms with Crippen LogP contribution < -0.4 is 9.62 Å². The highest BCUT2D eigenvalue weighted by Gasteiger charge is 2.30. The van der Waals surface area contributed by atoms with Crippen LogP contribution in [0.1, 0.15) is 36.5 Å². The van der Waals surface area contributed by atoms with Crippen molar-refractivity contribution in [2.45, 2.75) is 45.7 Å². The Morgan fingerprint density at radius 1 is 0.949 bits per heavy atom. The maximum Gasteiger partial charge on any atom is 0.243 e. The monoisotopic (exact) mass is 553 g/mol. The number of para-hydroxylation sites is 1. The van der Waals surface area contributed by atoms with Crippen LogP contribution in [0, 0.1) is 12.7 Å². The normalized spacial score (nSPS) is 12.0. The Bertz CT molecular complexity index is 1370. The predicted octanol–water partition coefficient (Wildman–Crippen LogP) is 4.46. The number of benzene rings is 3. The van der Waals surface area contributed by atoms with Crippen molar-refractivity contribution in [3.05, 3.63) is 101 Å². The van der Waals surface area contributed by atoms with Gasteiger partial charge in [0.15, 0.2) is 0 Å². The summed E-state index contributed by atoms with van der Waals surface area (Å²) in [7, 11) is -3.79. The van der Waals surface area contributed by atoms with E-state index in [0.29, 0.717) is 13.0 Å². The van der Waals surface area contributed by atoms with E-state index in [1.54, 1.807) is 11.0 Å². The standard InChI is InChI=1S/C30H36FN3O4S/c1-4-32-30(36)28(21-24-13-6-5-7-14-24)33(22-25-15-10-12-23(2)20-25)29(35)18-11-19-34(39(3,37)38)27-17-9-8-16-26(27)31/h5-10,12-17,20,28H,4,11,18-19,21-22H2,1-3H3,(H,32,36)/t28-/m1/s1. The highest BCUT2D eigenvalue weighted by Crippen LogP contribution is 2.23. The van der Waals surface area contributed by atoms with Crippen molar-refractivity contribution < 1.29 is 22.4 Å². The molecule has 0 saturated heterocycles. The van der Waals surface area contributed by atoms with Crippen LogP contribution in [0.15, 0.2) is 78.9 Å². The molecule has 0 unspecified atom stereocenters. The molecule has 0 aliphatic heterocycles. The van der Waals surface area contributed by atoms with Gasteiger partial charge in [0.2, 0.25) is 21.8 Å². The lowest BCUT2D eigenvalue weighted by Crippen LogP contribution is -2.50. The Morgan fingerprint density at radius 2 is 1.62 bits per heavy atom. The van der Waals surface area contributed by atoms with Crippen LogP contribution >= 0.6 is 0 Å². The van der Waals surface area contributed by atoms with E-state index in [4.69, 9.17) is 0 Å². The van der Waals surface area contributed by atoms with E-state index in [0.717, 1.165) is 27.3 Å². The van der Waals surface area contributed by atoms with Crippen molar-refractivity contribution in [3.8, 4) is 0 Å². The smallest absolute Gasteiger partial charge is 0.243 e. The lowest BCUT2D eigenvalue weighted by atomic mass is 10.0. The van der Waals surface area contributed by atoms with Crippen molar-refractivity contribution in [2.24, 2.45) is 0 Å². The third-order valence-corrected chi connectivity index (χ3v) is 7.51. The van der Waals surface area contributed by atoms with Crippen LogP contribution in [0.3, 0.4) is 0 Å². The minimum atomic E-state index is -3.79. The number of rotatable bonds is 13. The van der Waals surface area contributed by atoms with Gasteiger partial charge in [0.25, 0.3) is 0 Å². The van der Waals surface area contributed by atoms with Gasteiger partial charge in [-0.1, -0.05) is 72.3 Å². The Hall–Kier alpha value is -3.72. The minimum Gasteiger partial charge on any atom is -0.355 e. The largest absolute Gasteiger partial charge is 0.355 e. The Balaban J connectivity index is 1.87. The van der Waals surface area contributed by atoms with Crippen molar-refractivity contribution in [2.75, 3.05) is 23.7 Å².